The average molecular weight is 660 g/mol. The summed E-state index contributed by atoms with van der Waals surface area (Å²) in [7, 11) is 0. The standard InChI is InChI=1S/C22H16Br4N2O2/c1-9-3-17-18(4-10(9)2)28-20(14-6-12(24)8-16(26)22(14)30)19(27-17)13-5-11(23)7-15(25)21(13)29/h3-8,19,27,29-30H,1-2H3. The predicted molar refractivity (Wildman–Crippen MR) is 135 cm³/mol. The maximum Gasteiger partial charge on any atom is 0.138 e. The highest BCUT2D eigenvalue weighted by molar-refractivity contribution is 9.11. The van der Waals surface area contributed by atoms with Crippen LogP contribution in [-0.2, 0) is 0 Å². The fraction of sp³-hybridized carbons (Fsp3) is 0.136. The van der Waals surface area contributed by atoms with Crippen LogP contribution < -0.4 is 5.32 Å². The van der Waals surface area contributed by atoms with Gasteiger partial charge in [0.15, 0.2) is 0 Å². The summed E-state index contributed by atoms with van der Waals surface area (Å²) in [6, 6.07) is 10.8. The number of phenolic OH excluding ortho intramolecular Hbond substituents is 2. The fourth-order valence-electron chi connectivity index (χ4n) is 3.44. The summed E-state index contributed by atoms with van der Waals surface area (Å²) in [6.07, 6.45) is 0. The number of hydrogen-bond acceptors (Lipinski definition) is 4. The van der Waals surface area contributed by atoms with Crippen molar-refractivity contribution >= 4 is 80.8 Å². The number of aliphatic imine (C=N–C) groups is 1. The second-order valence-electron chi connectivity index (χ2n) is 7.14. The minimum atomic E-state index is -0.486. The molecule has 0 aliphatic carbocycles. The molecule has 1 aliphatic rings. The maximum absolute atomic E-state index is 10.8. The Bertz CT molecular complexity index is 1220. The van der Waals surface area contributed by atoms with Crippen LogP contribution in [0.4, 0.5) is 11.4 Å². The maximum atomic E-state index is 10.8. The number of aryl methyl sites for hydroxylation is 2. The number of hydrogen-bond donors (Lipinski definition) is 3. The lowest BCUT2D eigenvalue weighted by Gasteiger charge is -2.30. The molecule has 30 heavy (non-hydrogen) atoms. The monoisotopic (exact) mass is 656 g/mol. The zero-order valence-corrected chi connectivity index (χ0v) is 22.2. The first-order valence-corrected chi connectivity index (χ1v) is 12.2. The second-order valence-corrected chi connectivity index (χ2v) is 10.7. The van der Waals surface area contributed by atoms with Crippen LogP contribution >= 0.6 is 63.7 Å². The van der Waals surface area contributed by atoms with E-state index in [0.717, 1.165) is 31.4 Å². The van der Waals surface area contributed by atoms with Crippen LogP contribution in [0.3, 0.4) is 0 Å². The smallest absolute Gasteiger partial charge is 0.138 e. The zero-order chi connectivity index (χ0) is 21.7. The summed E-state index contributed by atoms with van der Waals surface area (Å²) in [5.74, 6) is 0.203. The van der Waals surface area contributed by atoms with Gasteiger partial charge < -0.3 is 15.5 Å². The summed E-state index contributed by atoms with van der Waals surface area (Å²) < 4.78 is 2.74. The quantitative estimate of drug-likeness (QED) is 0.261. The van der Waals surface area contributed by atoms with Crippen LogP contribution in [0.15, 0.2) is 59.3 Å². The van der Waals surface area contributed by atoms with Crippen LogP contribution in [0.1, 0.15) is 28.3 Å². The predicted octanol–water partition coefficient (Wildman–Crippen LogP) is 8.05. The molecule has 0 bridgehead atoms. The van der Waals surface area contributed by atoms with Crippen molar-refractivity contribution in [1.29, 1.82) is 0 Å². The molecule has 0 aromatic heterocycles. The van der Waals surface area contributed by atoms with Gasteiger partial charge in [0.2, 0.25) is 0 Å². The largest absolute Gasteiger partial charge is 0.506 e. The van der Waals surface area contributed by atoms with Gasteiger partial charge in [-0.15, -0.1) is 0 Å². The van der Waals surface area contributed by atoms with Gasteiger partial charge >= 0.3 is 0 Å². The van der Waals surface area contributed by atoms with E-state index in [4.69, 9.17) is 4.99 Å². The molecule has 1 aliphatic heterocycles. The van der Waals surface area contributed by atoms with Crippen molar-refractivity contribution in [2.45, 2.75) is 19.9 Å². The van der Waals surface area contributed by atoms with Gasteiger partial charge in [-0.2, -0.15) is 0 Å². The van der Waals surface area contributed by atoms with E-state index < -0.39 is 6.04 Å². The van der Waals surface area contributed by atoms with Gasteiger partial charge in [-0.25, -0.2) is 4.99 Å². The third kappa shape index (κ3) is 3.95. The number of halogens is 4. The van der Waals surface area contributed by atoms with Crippen molar-refractivity contribution in [3.8, 4) is 11.5 Å². The van der Waals surface area contributed by atoms with Gasteiger partial charge in [0.05, 0.1) is 32.1 Å². The summed E-state index contributed by atoms with van der Waals surface area (Å²) in [5.41, 5.74) is 5.73. The number of nitrogens with zero attached hydrogens (tertiary/aromatic N) is 1. The Kier molecular flexibility index (Phi) is 6.05. The first-order valence-electron chi connectivity index (χ1n) is 8.98. The van der Waals surface area contributed by atoms with E-state index in [-0.39, 0.29) is 11.5 Å². The van der Waals surface area contributed by atoms with Crippen LogP contribution in [0.25, 0.3) is 0 Å². The number of nitrogens with one attached hydrogen (secondary N) is 1. The third-order valence-corrected chi connectivity index (χ3v) is 7.22. The number of benzene rings is 3. The normalized spacial score (nSPS) is 15.4. The molecule has 0 amide bonds. The Hall–Kier alpha value is -1.35. The number of anilines is 1. The molecule has 0 spiro atoms. The molecule has 8 heteroatoms. The zero-order valence-electron chi connectivity index (χ0n) is 15.9. The summed E-state index contributed by atoms with van der Waals surface area (Å²) in [5, 5.41) is 25.1. The Morgan fingerprint density at radius 1 is 0.800 bits per heavy atom. The van der Waals surface area contributed by atoms with Crippen molar-refractivity contribution in [3.05, 3.63) is 76.5 Å². The number of aromatic hydroxyl groups is 2. The van der Waals surface area contributed by atoms with E-state index in [2.05, 4.69) is 82.0 Å². The van der Waals surface area contributed by atoms with Gasteiger partial charge in [0.1, 0.15) is 11.5 Å². The van der Waals surface area contributed by atoms with Gasteiger partial charge in [0, 0.05) is 20.1 Å². The average Bonchev–Trinajstić information content (AvgIpc) is 2.67. The van der Waals surface area contributed by atoms with E-state index in [9.17, 15) is 10.2 Å². The Balaban J connectivity index is 2.01. The number of phenols is 2. The molecule has 4 nitrogen and oxygen atoms in total. The second kappa shape index (κ2) is 8.30. The molecule has 1 unspecified atom stereocenters. The molecule has 3 N–H and O–H groups in total. The fourth-order valence-corrected chi connectivity index (χ4v) is 5.92. The molecule has 3 aromatic rings. The van der Waals surface area contributed by atoms with Gasteiger partial charge in [-0.05, 0) is 93.2 Å². The van der Waals surface area contributed by atoms with E-state index >= 15 is 0 Å². The van der Waals surface area contributed by atoms with E-state index in [0.29, 0.717) is 25.8 Å². The van der Waals surface area contributed by atoms with Crippen molar-refractivity contribution in [3.63, 3.8) is 0 Å². The summed E-state index contributed by atoms with van der Waals surface area (Å²) in [4.78, 5) is 4.93. The number of fused-ring (bicyclic) bond motifs is 1. The van der Waals surface area contributed by atoms with E-state index in [1.165, 1.54) is 0 Å². The molecular formula is C22H16Br4N2O2. The molecule has 0 fully saturated rings. The lowest BCUT2D eigenvalue weighted by atomic mass is 9.92. The van der Waals surface area contributed by atoms with Gasteiger partial charge in [-0.1, -0.05) is 31.9 Å². The molecule has 0 radical (unpaired) electrons. The molecule has 0 saturated carbocycles. The van der Waals surface area contributed by atoms with E-state index in [1.54, 1.807) is 12.1 Å². The third-order valence-electron chi connectivity index (χ3n) is 5.10. The van der Waals surface area contributed by atoms with Crippen LogP contribution in [0.2, 0.25) is 0 Å². The lowest BCUT2D eigenvalue weighted by molar-refractivity contribution is 0.463. The minimum absolute atomic E-state index is 0.0876. The van der Waals surface area contributed by atoms with Crippen LogP contribution in [-0.4, -0.2) is 15.9 Å². The van der Waals surface area contributed by atoms with Crippen molar-refractivity contribution in [1.82, 2.24) is 0 Å². The Morgan fingerprint density at radius 3 is 2.10 bits per heavy atom. The van der Waals surface area contributed by atoms with E-state index in [1.807, 2.05) is 25.1 Å². The first-order chi connectivity index (χ1) is 14.2. The molecular weight excluding hydrogens is 644 g/mol. The van der Waals surface area contributed by atoms with Crippen LogP contribution in [0, 0.1) is 13.8 Å². The highest BCUT2D eigenvalue weighted by atomic mass is 79.9. The molecule has 0 saturated heterocycles. The molecule has 4 rings (SSSR count). The molecule has 1 heterocycles. The minimum Gasteiger partial charge on any atom is -0.506 e. The SMILES string of the molecule is Cc1cc2c(cc1C)NC(c1cc(Br)cc(Br)c1O)C(c1cc(Br)cc(Br)c1O)=N2. The van der Waals surface area contributed by atoms with Crippen molar-refractivity contribution < 1.29 is 10.2 Å². The summed E-state index contributed by atoms with van der Waals surface area (Å²) in [6.45, 7) is 4.09. The highest BCUT2D eigenvalue weighted by Crippen LogP contribution is 2.45. The Labute approximate surface area is 208 Å². The topological polar surface area (TPSA) is 64.8 Å². The first kappa shape index (κ1) is 21.9. The van der Waals surface area contributed by atoms with Crippen molar-refractivity contribution in [2.24, 2.45) is 4.99 Å². The highest BCUT2D eigenvalue weighted by Gasteiger charge is 2.31. The molecule has 154 valence electrons. The van der Waals surface area contributed by atoms with Gasteiger partial charge in [0.25, 0.3) is 0 Å². The lowest BCUT2D eigenvalue weighted by Crippen LogP contribution is -2.25. The van der Waals surface area contributed by atoms with Gasteiger partial charge in [-0.3, -0.25) is 0 Å². The van der Waals surface area contributed by atoms with Crippen LogP contribution in [0.5, 0.6) is 11.5 Å². The molecule has 3 aromatic carbocycles. The summed E-state index contributed by atoms with van der Waals surface area (Å²) >= 11 is 13.8. The van der Waals surface area contributed by atoms with Crippen molar-refractivity contribution in [2.75, 3.05) is 5.32 Å². The molecule has 1 atom stereocenters. The number of rotatable bonds is 2. The Morgan fingerprint density at radius 2 is 1.40 bits per heavy atom.